The summed E-state index contributed by atoms with van der Waals surface area (Å²) < 4.78 is 68.8. The van der Waals surface area contributed by atoms with Gasteiger partial charge in [-0.3, -0.25) is 14.1 Å². The van der Waals surface area contributed by atoms with Crippen LogP contribution in [0.15, 0.2) is 0 Å². The number of hydrogen-bond acceptors (Lipinski definition) is 7. The highest BCUT2D eigenvalue weighted by molar-refractivity contribution is 7.86. The molecule has 8 nitrogen and oxygen atoms in total. The largest absolute Gasteiger partial charge is 0.459 e. The highest BCUT2D eigenvalue weighted by atomic mass is 32.2. The van der Waals surface area contributed by atoms with E-state index >= 15 is 0 Å². The fourth-order valence-corrected chi connectivity index (χ4v) is 7.25. The van der Waals surface area contributed by atoms with Crippen LogP contribution in [0.2, 0.25) is 0 Å². The van der Waals surface area contributed by atoms with Crippen molar-refractivity contribution in [2.45, 2.75) is 95.6 Å². The zero-order valence-electron chi connectivity index (χ0n) is 20.3. The SMILES string of the molecule is CC(C)(C)C(C(=O)OC12CC3CC(C1)CC(C(=O)OCC(F)(F)S(=O)(=O)O)(C3)C2)C1NC1(C)C. The fraction of sp³-hybridized carbons (Fsp3) is 0.913. The predicted molar refractivity (Wildman–Crippen MR) is 117 cm³/mol. The Bertz CT molecular complexity index is 974. The van der Waals surface area contributed by atoms with Crippen molar-refractivity contribution in [2.75, 3.05) is 6.61 Å². The monoisotopic (exact) mass is 507 g/mol. The van der Waals surface area contributed by atoms with Gasteiger partial charge in [0.2, 0.25) is 0 Å². The van der Waals surface area contributed by atoms with Crippen molar-refractivity contribution in [3.63, 3.8) is 0 Å². The first-order valence-electron chi connectivity index (χ1n) is 11.8. The average Bonchev–Trinajstić information content (AvgIpc) is 3.22. The molecule has 34 heavy (non-hydrogen) atoms. The van der Waals surface area contributed by atoms with Crippen molar-refractivity contribution in [2.24, 2.45) is 28.6 Å². The van der Waals surface area contributed by atoms with Gasteiger partial charge in [-0.2, -0.15) is 17.2 Å². The molecular weight excluding hydrogens is 472 g/mol. The lowest BCUT2D eigenvalue weighted by Crippen LogP contribution is -2.61. The van der Waals surface area contributed by atoms with E-state index in [2.05, 4.69) is 5.32 Å². The maximum atomic E-state index is 13.7. The lowest BCUT2D eigenvalue weighted by Gasteiger charge is -2.60. The molecule has 0 amide bonds. The Kier molecular flexibility index (Phi) is 5.75. The van der Waals surface area contributed by atoms with Gasteiger partial charge < -0.3 is 14.8 Å². The topological polar surface area (TPSA) is 129 Å². The Labute approximate surface area is 199 Å². The van der Waals surface area contributed by atoms with Gasteiger partial charge in [-0.25, -0.2) is 0 Å². The van der Waals surface area contributed by atoms with E-state index < -0.39 is 44.9 Å². The van der Waals surface area contributed by atoms with E-state index in [4.69, 9.17) is 14.0 Å². The van der Waals surface area contributed by atoms with Crippen LogP contribution in [-0.2, 0) is 29.2 Å². The van der Waals surface area contributed by atoms with Crippen molar-refractivity contribution in [1.29, 1.82) is 0 Å². The molecule has 5 aliphatic rings. The van der Waals surface area contributed by atoms with Crippen LogP contribution in [0.25, 0.3) is 0 Å². The highest BCUT2D eigenvalue weighted by Gasteiger charge is 2.65. The summed E-state index contributed by atoms with van der Waals surface area (Å²) in [5.74, 6) is -1.45. The van der Waals surface area contributed by atoms with Crippen LogP contribution < -0.4 is 5.32 Å². The molecule has 2 N–H and O–H groups in total. The van der Waals surface area contributed by atoms with Crippen molar-refractivity contribution in [3.05, 3.63) is 0 Å². The molecule has 0 aromatic heterocycles. The summed E-state index contributed by atoms with van der Waals surface area (Å²) in [4.78, 5) is 26.5. The maximum absolute atomic E-state index is 13.7. The Balaban J connectivity index is 1.53. The molecule has 0 aromatic carbocycles. The Hall–Kier alpha value is -1.33. The molecule has 0 spiro atoms. The van der Waals surface area contributed by atoms with Gasteiger partial charge >= 0.3 is 27.3 Å². The average molecular weight is 508 g/mol. The first-order chi connectivity index (χ1) is 15.3. The van der Waals surface area contributed by atoms with Crippen LogP contribution in [0.5, 0.6) is 0 Å². The molecule has 5 fully saturated rings. The maximum Gasteiger partial charge on any atom is 0.402 e. The number of carbonyl (C=O) groups excluding carboxylic acids is 2. The van der Waals surface area contributed by atoms with Gasteiger partial charge in [-0.15, -0.1) is 0 Å². The molecule has 4 saturated carbocycles. The van der Waals surface area contributed by atoms with Crippen LogP contribution in [0.1, 0.15) is 73.1 Å². The van der Waals surface area contributed by atoms with Crippen LogP contribution in [-0.4, -0.2) is 54.0 Å². The molecule has 0 radical (unpaired) electrons. The zero-order valence-corrected chi connectivity index (χ0v) is 21.1. The second-order valence-corrected chi connectivity index (χ2v) is 14.3. The Morgan fingerprint density at radius 2 is 1.65 bits per heavy atom. The van der Waals surface area contributed by atoms with Crippen molar-refractivity contribution < 1.29 is 40.8 Å². The van der Waals surface area contributed by atoms with E-state index in [1.54, 1.807) is 0 Å². The smallest absolute Gasteiger partial charge is 0.402 e. The molecule has 4 aliphatic carbocycles. The molecule has 4 bridgehead atoms. The number of esters is 2. The normalized spacial score (nSPS) is 37.2. The first kappa shape index (κ1) is 25.8. The van der Waals surface area contributed by atoms with E-state index in [-0.39, 0.29) is 41.2 Å². The molecule has 1 heterocycles. The van der Waals surface area contributed by atoms with E-state index in [0.717, 1.165) is 6.42 Å². The van der Waals surface area contributed by atoms with Gasteiger partial charge in [0.05, 0.1) is 11.3 Å². The van der Waals surface area contributed by atoms with Crippen molar-refractivity contribution in [1.82, 2.24) is 5.32 Å². The molecule has 194 valence electrons. The van der Waals surface area contributed by atoms with Gasteiger partial charge in [0.1, 0.15) is 5.60 Å². The van der Waals surface area contributed by atoms with Crippen molar-refractivity contribution in [3.8, 4) is 0 Å². The molecule has 0 aromatic rings. The summed E-state index contributed by atoms with van der Waals surface area (Å²) in [6.45, 7) is 8.28. The molecule has 5 rings (SSSR count). The van der Waals surface area contributed by atoms with E-state index in [0.29, 0.717) is 25.7 Å². The standard InChI is InChI=1S/C23H35F2NO7S/c1-19(2,3)15(16-20(4,5)26-16)17(27)33-22-9-13-6-14(10-22)8-21(7-13,11-22)18(28)32-12-23(24,25)34(29,30)31/h13-16,26H,6-12H2,1-5H3,(H,29,30,31). The summed E-state index contributed by atoms with van der Waals surface area (Å²) >= 11 is 0. The molecule has 11 heteroatoms. The summed E-state index contributed by atoms with van der Waals surface area (Å²) in [5, 5.41) is -1.23. The predicted octanol–water partition coefficient (Wildman–Crippen LogP) is 3.31. The number of rotatable bonds is 7. The van der Waals surface area contributed by atoms with E-state index in [1.807, 2.05) is 34.6 Å². The number of ether oxygens (including phenoxy) is 2. The summed E-state index contributed by atoms with van der Waals surface area (Å²) in [6, 6.07) is -0.0319. The minimum absolute atomic E-state index is 0.0319. The fourth-order valence-electron chi connectivity index (χ4n) is 7.04. The van der Waals surface area contributed by atoms with Crippen molar-refractivity contribution >= 4 is 22.1 Å². The number of alkyl halides is 2. The zero-order chi connectivity index (χ0) is 25.5. The second-order valence-electron chi connectivity index (χ2n) is 12.7. The third kappa shape index (κ3) is 4.48. The van der Waals surface area contributed by atoms with Crippen LogP contribution in [0.3, 0.4) is 0 Å². The van der Waals surface area contributed by atoms with Gasteiger partial charge in [0.25, 0.3) is 0 Å². The molecule has 1 saturated heterocycles. The van der Waals surface area contributed by atoms with E-state index in [1.165, 1.54) is 0 Å². The Morgan fingerprint density at radius 1 is 1.12 bits per heavy atom. The summed E-state index contributed by atoms with van der Waals surface area (Å²) in [5.41, 5.74) is -2.51. The quantitative estimate of drug-likeness (QED) is 0.305. The third-order valence-corrected chi connectivity index (χ3v) is 9.12. The van der Waals surface area contributed by atoms with E-state index in [9.17, 15) is 26.8 Å². The highest BCUT2D eigenvalue weighted by Crippen LogP contribution is 2.63. The summed E-state index contributed by atoms with van der Waals surface area (Å²) in [6.07, 6.45) is 3.13. The molecular formula is C23H35F2NO7S. The van der Waals surface area contributed by atoms with Crippen LogP contribution in [0.4, 0.5) is 8.78 Å². The number of carbonyl (C=O) groups is 2. The number of halogens is 2. The lowest BCUT2D eigenvalue weighted by atomic mass is 9.48. The molecule has 4 atom stereocenters. The molecule has 1 aliphatic heterocycles. The lowest BCUT2D eigenvalue weighted by molar-refractivity contribution is -0.218. The van der Waals surface area contributed by atoms with Gasteiger partial charge in [-0.1, -0.05) is 20.8 Å². The van der Waals surface area contributed by atoms with Gasteiger partial charge in [-0.05, 0) is 63.2 Å². The third-order valence-electron chi connectivity index (χ3n) is 8.25. The summed E-state index contributed by atoms with van der Waals surface area (Å²) in [7, 11) is -5.70. The first-order valence-corrected chi connectivity index (χ1v) is 13.3. The minimum Gasteiger partial charge on any atom is -0.459 e. The van der Waals surface area contributed by atoms with Gasteiger partial charge in [0.15, 0.2) is 6.61 Å². The Morgan fingerprint density at radius 3 is 2.09 bits per heavy atom. The van der Waals surface area contributed by atoms with Crippen LogP contribution in [0, 0.1) is 28.6 Å². The van der Waals surface area contributed by atoms with Crippen LogP contribution >= 0.6 is 0 Å². The second kappa shape index (κ2) is 7.59. The van der Waals surface area contributed by atoms with Gasteiger partial charge in [0, 0.05) is 18.0 Å². The minimum atomic E-state index is -5.70. The number of hydrogen-bond donors (Lipinski definition) is 2. The number of nitrogens with one attached hydrogen (secondary N) is 1. The molecule has 4 unspecified atom stereocenters.